The van der Waals surface area contributed by atoms with Gasteiger partial charge in [-0.1, -0.05) is 0 Å². The van der Waals surface area contributed by atoms with Crippen LogP contribution in [0.25, 0.3) is 0 Å². The van der Waals surface area contributed by atoms with Crippen LogP contribution in [0.2, 0.25) is 0 Å². The van der Waals surface area contributed by atoms with E-state index in [0.29, 0.717) is 12.5 Å². The van der Waals surface area contributed by atoms with Crippen LogP contribution in [0.3, 0.4) is 0 Å². The summed E-state index contributed by atoms with van der Waals surface area (Å²) in [4.78, 5) is 13.3. The summed E-state index contributed by atoms with van der Waals surface area (Å²) >= 11 is 1.54. The average Bonchev–Trinajstić information content (AvgIpc) is 2.98. The molecule has 1 amide bonds. The van der Waals surface area contributed by atoms with Crippen molar-refractivity contribution in [1.82, 2.24) is 4.90 Å². The van der Waals surface area contributed by atoms with Crippen molar-refractivity contribution >= 4 is 17.7 Å². The number of thioether (sulfide) groups is 1. The lowest BCUT2D eigenvalue weighted by Gasteiger charge is -2.23. The van der Waals surface area contributed by atoms with Crippen molar-refractivity contribution in [3.8, 4) is 0 Å². The highest BCUT2D eigenvalue weighted by molar-refractivity contribution is 7.99. The van der Waals surface area contributed by atoms with Gasteiger partial charge in [0.15, 0.2) is 0 Å². The zero-order valence-corrected chi connectivity index (χ0v) is 9.88. The number of carbonyl (C=O) groups is 1. The summed E-state index contributed by atoms with van der Waals surface area (Å²) in [5.74, 6) is 0.548. The highest BCUT2D eigenvalue weighted by Crippen LogP contribution is 2.32. The Labute approximate surface area is 89.9 Å². The molecule has 0 bridgehead atoms. The Bertz CT molecular complexity index is 206. The van der Waals surface area contributed by atoms with Gasteiger partial charge in [0, 0.05) is 13.6 Å². The van der Waals surface area contributed by atoms with E-state index in [0.717, 1.165) is 12.8 Å². The second-order valence-corrected chi connectivity index (χ2v) is 5.18. The molecular formula is C10H19NO2S. The van der Waals surface area contributed by atoms with Crippen LogP contribution in [-0.4, -0.2) is 47.1 Å². The van der Waals surface area contributed by atoms with E-state index in [9.17, 15) is 9.90 Å². The third kappa shape index (κ3) is 3.17. The monoisotopic (exact) mass is 217 g/mol. The van der Waals surface area contributed by atoms with Gasteiger partial charge < -0.3 is 10.0 Å². The number of amides is 1. The van der Waals surface area contributed by atoms with E-state index in [4.69, 9.17) is 0 Å². The fraction of sp³-hybridized carbons (Fsp3) is 0.900. The quantitative estimate of drug-likeness (QED) is 0.746. The minimum Gasteiger partial charge on any atom is -0.391 e. The number of hydrogen-bond donors (Lipinski definition) is 1. The minimum absolute atomic E-state index is 0.00796. The average molecular weight is 217 g/mol. The maximum Gasteiger partial charge on any atom is 0.235 e. The van der Waals surface area contributed by atoms with Gasteiger partial charge in [0.2, 0.25) is 5.91 Å². The molecule has 1 aliphatic rings. The normalized spacial score (nSPS) is 20.3. The zero-order valence-electron chi connectivity index (χ0n) is 9.06. The predicted octanol–water partition coefficient (Wildman–Crippen LogP) is 0.967. The number of rotatable bonds is 5. The van der Waals surface area contributed by atoms with Gasteiger partial charge in [0.05, 0.1) is 11.4 Å². The van der Waals surface area contributed by atoms with E-state index >= 15 is 0 Å². The Morgan fingerprint density at radius 3 is 2.64 bits per heavy atom. The van der Waals surface area contributed by atoms with Crippen LogP contribution in [0, 0.1) is 5.92 Å². The van der Waals surface area contributed by atoms with Gasteiger partial charge in [-0.05, 0) is 31.9 Å². The molecule has 0 saturated heterocycles. The summed E-state index contributed by atoms with van der Waals surface area (Å²) in [7, 11) is 1.76. The van der Waals surface area contributed by atoms with Gasteiger partial charge in [-0.15, -0.1) is 0 Å². The first-order valence-corrected chi connectivity index (χ1v) is 6.31. The molecule has 1 saturated carbocycles. The summed E-state index contributed by atoms with van der Waals surface area (Å²) in [6.07, 6.45) is 3.83. The van der Waals surface area contributed by atoms with Crippen molar-refractivity contribution in [3.63, 3.8) is 0 Å². The maximum atomic E-state index is 11.6. The first kappa shape index (κ1) is 11.9. The smallest absolute Gasteiger partial charge is 0.235 e. The standard InChI is InChI=1S/C10H19NO2S/c1-7(14-3)10(13)11(2)6-9(12)8-4-5-8/h7-9,12H,4-6H2,1-3H3. The van der Waals surface area contributed by atoms with Crippen molar-refractivity contribution in [2.24, 2.45) is 5.92 Å². The lowest BCUT2D eigenvalue weighted by Crippen LogP contribution is -2.39. The lowest BCUT2D eigenvalue weighted by molar-refractivity contribution is -0.130. The second kappa shape index (κ2) is 5.03. The van der Waals surface area contributed by atoms with Crippen molar-refractivity contribution in [3.05, 3.63) is 0 Å². The molecule has 14 heavy (non-hydrogen) atoms. The molecule has 4 heteroatoms. The maximum absolute atomic E-state index is 11.6. The van der Waals surface area contributed by atoms with E-state index in [1.165, 1.54) is 11.8 Å². The molecule has 0 aliphatic heterocycles. The molecule has 82 valence electrons. The Kier molecular flexibility index (Phi) is 4.26. The van der Waals surface area contributed by atoms with Crippen LogP contribution in [0.1, 0.15) is 19.8 Å². The highest BCUT2D eigenvalue weighted by Gasteiger charge is 2.31. The number of likely N-dealkylation sites (N-methyl/N-ethyl adjacent to an activating group) is 1. The number of nitrogens with zero attached hydrogens (tertiary/aromatic N) is 1. The Hall–Kier alpha value is -0.220. The van der Waals surface area contributed by atoms with Crippen LogP contribution >= 0.6 is 11.8 Å². The zero-order chi connectivity index (χ0) is 10.7. The van der Waals surface area contributed by atoms with Gasteiger partial charge in [-0.2, -0.15) is 11.8 Å². The summed E-state index contributed by atoms with van der Waals surface area (Å²) < 4.78 is 0. The second-order valence-electron chi connectivity index (χ2n) is 4.00. The van der Waals surface area contributed by atoms with E-state index in [2.05, 4.69) is 0 Å². The van der Waals surface area contributed by atoms with Crippen LogP contribution in [0.15, 0.2) is 0 Å². The van der Waals surface area contributed by atoms with Crippen LogP contribution in [0.4, 0.5) is 0 Å². The largest absolute Gasteiger partial charge is 0.391 e. The molecule has 0 spiro atoms. The summed E-state index contributed by atoms with van der Waals surface area (Å²) in [6, 6.07) is 0. The van der Waals surface area contributed by atoms with Crippen molar-refractivity contribution < 1.29 is 9.90 Å². The number of aliphatic hydroxyl groups excluding tert-OH is 1. The molecule has 1 fully saturated rings. The third-order valence-corrected chi connectivity index (χ3v) is 3.61. The van der Waals surface area contributed by atoms with Gasteiger partial charge >= 0.3 is 0 Å². The SMILES string of the molecule is CSC(C)C(=O)N(C)CC(O)C1CC1. The molecule has 0 aromatic rings. The molecule has 1 N–H and O–H groups in total. The Balaban J connectivity index is 2.32. The molecule has 0 aromatic carbocycles. The van der Waals surface area contributed by atoms with Crippen molar-refractivity contribution in [1.29, 1.82) is 0 Å². The Morgan fingerprint density at radius 2 is 2.21 bits per heavy atom. The summed E-state index contributed by atoms with van der Waals surface area (Å²) in [5.41, 5.74) is 0. The molecule has 1 aliphatic carbocycles. The van der Waals surface area contributed by atoms with Crippen LogP contribution in [-0.2, 0) is 4.79 Å². The first-order chi connectivity index (χ1) is 6.56. The fourth-order valence-corrected chi connectivity index (χ4v) is 1.79. The van der Waals surface area contributed by atoms with Gasteiger partial charge in [0.1, 0.15) is 0 Å². The molecule has 0 radical (unpaired) electrons. The fourth-order valence-electron chi connectivity index (χ4n) is 1.41. The molecule has 1 rings (SSSR count). The highest BCUT2D eigenvalue weighted by atomic mass is 32.2. The third-order valence-electron chi connectivity index (χ3n) is 2.70. The lowest BCUT2D eigenvalue weighted by atomic mass is 10.2. The van der Waals surface area contributed by atoms with Crippen molar-refractivity contribution in [2.75, 3.05) is 19.8 Å². The van der Waals surface area contributed by atoms with E-state index < -0.39 is 0 Å². The van der Waals surface area contributed by atoms with Crippen LogP contribution in [0.5, 0.6) is 0 Å². The van der Waals surface area contributed by atoms with Gasteiger partial charge in [0.25, 0.3) is 0 Å². The summed E-state index contributed by atoms with van der Waals surface area (Å²) in [5, 5.41) is 9.65. The number of carbonyl (C=O) groups excluding carboxylic acids is 1. The van der Waals surface area contributed by atoms with Crippen LogP contribution < -0.4 is 0 Å². The topological polar surface area (TPSA) is 40.5 Å². The van der Waals surface area contributed by atoms with Gasteiger partial charge in [-0.25, -0.2) is 0 Å². The molecular weight excluding hydrogens is 198 g/mol. The summed E-state index contributed by atoms with van der Waals surface area (Å²) in [6.45, 7) is 2.38. The van der Waals surface area contributed by atoms with E-state index in [1.807, 2.05) is 13.2 Å². The molecule has 2 atom stereocenters. The first-order valence-electron chi connectivity index (χ1n) is 5.02. The van der Waals surface area contributed by atoms with E-state index in [1.54, 1.807) is 11.9 Å². The molecule has 2 unspecified atom stereocenters. The number of aliphatic hydroxyl groups is 1. The minimum atomic E-state index is -0.321. The Morgan fingerprint density at radius 1 is 1.64 bits per heavy atom. The molecule has 0 aromatic heterocycles. The van der Waals surface area contributed by atoms with Gasteiger partial charge in [-0.3, -0.25) is 4.79 Å². The predicted molar refractivity (Wildman–Crippen MR) is 59.3 cm³/mol. The van der Waals surface area contributed by atoms with E-state index in [-0.39, 0.29) is 17.3 Å². The van der Waals surface area contributed by atoms with Crippen molar-refractivity contribution in [2.45, 2.75) is 31.1 Å². The number of hydrogen-bond acceptors (Lipinski definition) is 3. The molecule has 3 nitrogen and oxygen atoms in total. The molecule has 0 heterocycles.